The number of Topliss-reactive ketones (excluding diaryl/α,β-unsaturated/α-hetero) is 1. The Morgan fingerprint density at radius 3 is 2.67 bits per heavy atom. The first kappa shape index (κ1) is 9.86. The Bertz CT molecular complexity index is 299. The molecular formula is C8H7Br2NO. The number of rotatable bonds is 2. The van der Waals surface area contributed by atoms with Crippen LogP contribution >= 0.6 is 31.9 Å². The number of pyridine rings is 1. The molecule has 0 aliphatic heterocycles. The summed E-state index contributed by atoms with van der Waals surface area (Å²) in [6.45, 7) is 1.86. The van der Waals surface area contributed by atoms with Crippen molar-refractivity contribution in [2.24, 2.45) is 0 Å². The molecule has 2 nitrogen and oxygen atoms in total. The molecule has 1 rings (SSSR count). The van der Waals surface area contributed by atoms with Crippen molar-refractivity contribution in [1.29, 1.82) is 0 Å². The van der Waals surface area contributed by atoms with Crippen LogP contribution in [0.1, 0.15) is 16.2 Å². The van der Waals surface area contributed by atoms with Gasteiger partial charge in [0.1, 0.15) is 9.43 Å². The van der Waals surface area contributed by atoms with Gasteiger partial charge in [-0.05, 0) is 19.1 Å². The van der Waals surface area contributed by atoms with Crippen molar-refractivity contribution in [3.8, 4) is 0 Å². The molecule has 0 aliphatic rings. The van der Waals surface area contributed by atoms with Crippen molar-refractivity contribution in [3.05, 3.63) is 29.6 Å². The zero-order valence-electron chi connectivity index (χ0n) is 6.42. The maximum Gasteiger partial charge on any atom is 0.205 e. The Morgan fingerprint density at radius 2 is 2.17 bits per heavy atom. The van der Waals surface area contributed by atoms with Crippen molar-refractivity contribution in [2.75, 3.05) is 0 Å². The van der Waals surface area contributed by atoms with Gasteiger partial charge in [-0.25, -0.2) is 4.98 Å². The summed E-state index contributed by atoms with van der Waals surface area (Å²) < 4.78 is -0.348. The Balaban J connectivity index is 2.96. The van der Waals surface area contributed by atoms with E-state index in [-0.39, 0.29) is 9.52 Å². The molecule has 4 heteroatoms. The minimum absolute atomic E-state index is 0.0568. The van der Waals surface area contributed by atoms with Gasteiger partial charge in [0.2, 0.25) is 5.78 Å². The molecule has 0 saturated heterocycles. The van der Waals surface area contributed by atoms with Gasteiger partial charge < -0.3 is 0 Å². The molecule has 0 radical (unpaired) electrons. The highest BCUT2D eigenvalue weighted by Crippen LogP contribution is 2.14. The molecule has 64 valence electrons. The number of ketones is 1. The van der Waals surface area contributed by atoms with E-state index < -0.39 is 0 Å². The molecule has 1 heterocycles. The van der Waals surface area contributed by atoms with Gasteiger partial charge in [-0.1, -0.05) is 37.9 Å². The molecule has 1 aromatic heterocycles. The van der Waals surface area contributed by atoms with Gasteiger partial charge in [-0.2, -0.15) is 0 Å². The number of aromatic nitrogens is 1. The highest BCUT2D eigenvalue weighted by atomic mass is 79.9. The lowest BCUT2D eigenvalue weighted by molar-refractivity contribution is 0.101. The summed E-state index contributed by atoms with van der Waals surface area (Å²) >= 11 is 6.26. The van der Waals surface area contributed by atoms with E-state index in [0.29, 0.717) is 5.69 Å². The van der Waals surface area contributed by atoms with Gasteiger partial charge in [0, 0.05) is 5.69 Å². The van der Waals surface area contributed by atoms with Gasteiger partial charge in [0.05, 0.1) is 0 Å². The molecule has 0 saturated carbocycles. The number of halogens is 2. The summed E-state index contributed by atoms with van der Waals surface area (Å²) in [5.41, 5.74) is 1.33. The Hall–Kier alpha value is -0.220. The van der Waals surface area contributed by atoms with Crippen molar-refractivity contribution >= 4 is 37.6 Å². The fourth-order valence-corrected chi connectivity index (χ4v) is 1.26. The number of hydrogen-bond acceptors (Lipinski definition) is 2. The van der Waals surface area contributed by atoms with Gasteiger partial charge in [0.25, 0.3) is 0 Å². The third kappa shape index (κ3) is 2.38. The lowest BCUT2D eigenvalue weighted by atomic mass is 10.2. The van der Waals surface area contributed by atoms with Crippen LogP contribution in [0.5, 0.6) is 0 Å². The average molecular weight is 293 g/mol. The maximum absolute atomic E-state index is 11.3. The smallest absolute Gasteiger partial charge is 0.205 e. The SMILES string of the molecule is Cc1cccc(C(=O)C(Br)Br)n1. The topological polar surface area (TPSA) is 30.0 Å². The van der Waals surface area contributed by atoms with Crippen LogP contribution in [0.2, 0.25) is 0 Å². The van der Waals surface area contributed by atoms with Crippen LogP contribution < -0.4 is 0 Å². The second-order valence-corrected chi connectivity index (χ2v) is 5.39. The molecule has 0 atom stereocenters. The maximum atomic E-state index is 11.3. The van der Waals surface area contributed by atoms with Crippen LogP contribution in [0.3, 0.4) is 0 Å². The lowest BCUT2D eigenvalue weighted by Crippen LogP contribution is -2.09. The highest BCUT2D eigenvalue weighted by molar-refractivity contribution is 9.25. The molecule has 0 bridgehead atoms. The van der Waals surface area contributed by atoms with E-state index in [4.69, 9.17) is 0 Å². The molecule has 0 fully saturated rings. The van der Waals surface area contributed by atoms with Crippen molar-refractivity contribution in [2.45, 2.75) is 10.7 Å². The van der Waals surface area contributed by atoms with Crippen LogP contribution in [-0.4, -0.2) is 14.5 Å². The van der Waals surface area contributed by atoms with E-state index in [9.17, 15) is 4.79 Å². The van der Waals surface area contributed by atoms with Crippen molar-refractivity contribution in [1.82, 2.24) is 4.98 Å². The molecule has 12 heavy (non-hydrogen) atoms. The number of alkyl halides is 2. The second-order valence-electron chi connectivity index (χ2n) is 2.33. The standard InChI is InChI=1S/C8H7Br2NO/c1-5-3-2-4-6(11-5)7(12)8(9)10/h2-4,8H,1H3. The second kappa shape index (κ2) is 4.14. The van der Waals surface area contributed by atoms with Crippen LogP contribution in [0.4, 0.5) is 0 Å². The molecular weight excluding hydrogens is 286 g/mol. The van der Waals surface area contributed by atoms with Crippen LogP contribution in [0.25, 0.3) is 0 Å². The van der Waals surface area contributed by atoms with Crippen LogP contribution in [0.15, 0.2) is 18.2 Å². The first-order valence-corrected chi connectivity index (χ1v) is 5.20. The van der Waals surface area contributed by atoms with Crippen LogP contribution in [0, 0.1) is 6.92 Å². The fraction of sp³-hybridized carbons (Fsp3) is 0.250. The number of hydrogen-bond donors (Lipinski definition) is 0. The first-order chi connectivity index (χ1) is 5.61. The van der Waals surface area contributed by atoms with Gasteiger partial charge >= 0.3 is 0 Å². The normalized spacial score (nSPS) is 10.3. The molecule has 0 aromatic carbocycles. The van der Waals surface area contributed by atoms with Gasteiger partial charge in [-0.15, -0.1) is 0 Å². The Labute approximate surface area is 87.6 Å². The number of aryl methyl sites for hydroxylation is 1. The zero-order chi connectivity index (χ0) is 9.14. The predicted molar refractivity (Wildman–Crippen MR) is 54.9 cm³/mol. The van der Waals surface area contributed by atoms with E-state index in [2.05, 4.69) is 36.8 Å². The molecule has 1 aromatic rings. The summed E-state index contributed by atoms with van der Waals surface area (Å²) in [4.78, 5) is 15.4. The number of carbonyl (C=O) groups is 1. The Kier molecular flexibility index (Phi) is 3.40. The number of carbonyl (C=O) groups excluding carboxylic acids is 1. The van der Waals surface area contributed by atoms with Gasteiger partial charge in [-0.3, -0.25) is 4.79 Å². The van der Waals surface area contributed by atoms with Gasteiger partial charge in [0.15, 0.2) is 0 Å². The summed E-state index contributed by atoms with van der Waals surface area (Å²) in [6, 6.07) is 5.37. The molecule has 0 unspecified atom stereocenters. The minimum atomic E-state index is -0.348. The molecule has 0 spiro atoms. The first-order valence-electron chi connectivity index (χ1n) is 3.37. The van der Waals surface area contributed by atoms with Crippen molar-refractivity contribution < 1.29 is 4.79 Å². The van der Waals surface area contributed by atoms with E-state index in [1.165, 1.54) is 0 Å². The summed E-state index contributed by atoms with van der Waals surface area (Å²) in [7, 11) is 0. The molecule has 0 aliphatic carbocycles. The predicted octanol–water partition coefficient (Wildman–Crippen LogP) is 2.69. The zero-order valence-corrected chi connectivity index (χ0v) is 9.59. The minimum Gasteiger partial charge on any atom is -0.290 e. The van der Waals surface area contributed by atoms with E-state index >= 15 is 0 Å². The summed E-state index contributed by atoms with van der Waals surface area (Å²) in [6.07, 6.45) is 0. The monoisotopic (exact) mass is 291 g/mol. The van der Waals surface area contributed by atoms with Crippen molar-refractivity contribution in [3.63, 3.8) is 0 Å². The average Bonchev–Trinajstić information content (AvgIpc) is 2.03. The highest BCUT2D eigenvalue weighted by Gasteiger charge is 2.14. The number of nitrogens with zero attached hydrogens (tertiary/aromatic N) is 1. The fourth-order valence-electron chi connectivity index (χ4n) is 0.792. The summed E-state index contributed by atoms with van der Waals surface area (Å²) in [5.74, 6) is -0.0568. The largest absolute Gasteiger partial charge is 0.290 e. The molecule has 0 amide bonds. The third-order valence-electron chi connectivity index (χ3n) is 1.34. The summed E-state index contributed by atoms with van der Waals surface area (Å²) in [5, 5.41) is 0. The molecule has 0 N–H and O–H groups in total. The third-order valence-corrected chi connectivity index (χ3v) is 2.17. The Morgan fingerprint density at radius 1 is 1.50 bits per heavy atom. The van der Waals surface area contributed by atoms with E-state index in [1.807, 2.05) is 19.1 Å². The quantitative estimate of drug-likeness (QED) is 0.620. The van der Waals surface area contributed by atoms with Crippen LogP contribution in [-0.2, 0) is 0 Å². The lowest BCUT2D eigenvalue weighted by Gasteiger charge is -2.00. The van der Waals surface area contributed by atoms with E-state index in [1.54, 1.807) is 6.07 Å². The van der Waals surface area contributed by atoms with E-state index in [0.717, 1.165) is 5.69 Å².